The number of benzene rings is 2. The normalized spacial score (nSPS) is 18.1. The van der Waals surface area contributed by atoms with Crippen molar-refractivity contribution < 1.29 is 14.4 Å². The second-order valence-corrected chi connectivity index (χ2v) is 11.3. The minimum Gasteiger partial charge on any atom is -0.358 e. The maximum Gasteiger partial charge on any atom is 0.256 e. The van der Waals surface area contributed by atoms with Gasteiger partial charge >= 0.3 is 0 Å². The lowest BCUT2D eigenvalue weighted by molar-refractivity contribution is -0.110. The third-order valence-corrected chi connectivity index (χ3v) is 8.17. The first-order chi connectivity index (χ1) is 19.7. The average Bonchev–Trinajstić information content (AvgIpc) is 3.62. The Hall–Kier alpha value is -4.17. The fourth-order valence-electron chi connectivity index (χ4n) is 6.06. The average molecular weight is 554 g/mol. The molecule has 0 spiro atoms. The lowest BCUT2D eigenvalue weighted by Gasteiger charge is -2.27. The highest BCUT2D eigenvalue weighted by atomic mass is 16.2. The summed E-state index contributed by atoms with van der Waals surface area (Å²) >= 11 is 0. The molecule has 2 aromatic carbocycles. The van der Waals surface area contributed by atoms with Gasteiger partial charge < -0.3 is 25.4 Å². The molecule has 2 aliphatic heterocycles. The van der Waals surface area contributed by atoms with E-state index in [-0.39, 0.29) is 29.8 Å². The molecule has 2 aliphatic rings. The Labute approximate surface area is 241 Å². The first-order valence-electron chi connectivity index (χ1n) is 14.4. The fraction of sp³-hybridized carbons (Fsp3) is 0.364. The number of fused-ring (bicyclic) bond motifs is 1. The predicted molar refractivity (Wildman–Crippen MR) is 163 cm³/mol. The zero-order chi connectivity index (χ0) is 29.3. The van der Waals surface area contributed by atoms with Gasteiger partial charge in [0.15, 0.2) is 0 Å². The molecule has 0 bridgehead atoms. The van der Waals surface area contributed by atoms with Crippen LogP contribution in [0.1, 0.15) is 81.0 Å². The Bertz CT molecular complexity index is 1500. The van der Waals surface area contributed by atoms with E-state index in [2.05, 4.69) is 20.5 Å². The van der Waals surface area contributed by atoms with E-state index in [0.717, 1.165) is 54.9 Å². The van der Waals surface area contributed by atoms with E-state index >= 15 is 0 Å². The summed E-state index contributed by atoms with van der Waals surface area (Å²) in [5, 5.41) is 6.04. The maximum absolute atomic E-state index is 13.7. The minimum absolute atomic E-state index is 0.0318. The van der Waals surface area contributed by atoms with Gasteiger partial charge in [-0.05, 0) is 82.6 Å². The number of nitrogens with one attached hydrogen (secondary N) is 3. The van der Waals surface area contributed by atoms with Crippen molar-refractivity contribution in [3.63, 3.8) is 0 Å². The van der Waals surface area contributed by atoms with Crippen LogP contribution in [0.15, 0.2) is 48.5 Å². The molecule has 0 saturated carbocycles. The monoisotopic (exact) mass is 553 g/mol. The largest absolute Gasteiger partial charge is 0.358 e. The zero-order valence-electron chi connectivity index (χ0n) is 24.5. The first-order valence-corrected chi connectivity index (χ1v) is 14.4. The highest BCUT2D eigenvalue weighted by Crippen LogP contribution is 2.35. The third kappa shape index (κ3) is 5.70. The van der Waals surface area contributed by atoms with Crippen molar-refractivity contribution in [2.45, 2.75) is 52.1 Å². The molecule has 0 aliphatic carbocycles. The smallest absolute Gasteiger partial charge is 0.256 e. The molecule has 214 valence electrons. The van der Waals surface area contributed by atoms with Crippen molar-refractivity contribution in [1.29, 1.82) is 0 Å². The van der Waals surface area contributed by atoms with E-state index < -0.39 is 0 Å². The maximum atomic E-state index is 13.7. The summed E-state index contributed by atoms with van der Waals surface area (Å²) in [6.07, 6.45) is 4.55. The molecular weight excluding hydrogens is 514 g/mol. The molecule has 41 heavy (non-hydrogen) atoms. The molecule has 8 heteroatoms. The molecule has 1 fully saturated rings. The molecule has 3 amide bonds. The number of carbonyl (C=O) groups excluding carboxylic acids is 3. The van der Waals surface area contributed by atoms with Crippen LogP contribution in [-0.2, 0) is 4.79 Å². The number of likely N-dealkylation sites (N-methyl/N-ethyl adjacent to an activating group) is 1. The standard InChI is InChI=1S/C33H39N5O3/c1-6-27(22-11-8-7-9-12-22)35-31(39)23-14-15-28-25(17-23)26(32(40)36-28)18-29-20(2)30(21(3)34-29)33(41)38-16-10-13-24(38)19-37(4)5/h7-9,11-12,14-15,17-18,24,27,34H,6,10,13,16,19H2,1-5H3,(H,35,39)(H,36,40). The van der Waals surface area contributed by atoms with Gasteiger partial charge in [-0.3, -0.25) is 14.4 Å². The predicted octanol–water partition coefficient (Wildman–Crippen LogP) is 5.17. The highest BCUT2D eigenvalue weighted by molar-refractivity contribution is 6.35. The SMILES string of the molecule is CCC(NC(=O)c1ccc2c(c1)C(=Cc1[nH]c(C)c(C(=O)N3CCCC3CN(C)C)c1C)C(=O)N2)c1ccccc1. The number of amides is 3. The molecular formula is C33H39N5O3. The van der Waals surface area contributed by atoms with Crippen LogP contribution in [0, 0.1) is 13.8 Å². The van der Waals surface area contributed by atoms with Crippen LogP contribution < -0.4 is 10.6 Å². The third-order valence-electron chi connectivity index (χ3n) is 8.17. The van der Waals surface area contributed by atoms with Gasteiger partial charge in [0.05, 0.1) is 17.2 Å². The van der Waals surface area contributed by atoms with Gasteiger partial charge in [0, 0.05) is 47.3 Å². The Morgan fingerprint density at radius 3 is 2.61 bits per heavy atom. The summed E-state index contributed by atoms with van der Waals surface area (Å²) in [6, 6.07) is 15.2. The Balaban J connectivity index is 1.42. The topological polar surface area (TPSA) is 97.5 Å². The summed E-state index contributed by atoms with van der Waals surface area (Å²) in [7, 11) is 4.06. The molecule has 2 atom stereocenters. The minimum atomic E-state index is -0.238. The quantitative estimate of drug-likeness (QED) is 0.335. The number of nitrogens with zero attached hydrogens (tertiary/aromatic N) is 2. The van der Waals surface area contributed by atoms with Crippen molar-refractivity contribution in [3.8, 4) is 0 Å². The van der Waals surface area contributed by atoms with Gasteiger partial charge in [-0.15, -0.1) is 0 Å². The Kier molecular flexibility index (Phi) is 8.13. The number of anilines is 1. The van der Waals surface area contributed by atoms with Gasteiger partial charge in [-0.1, -0.05) is 37.3 Å². The molecule has 8 nitrogen and oxygen atoms in total. The number of rotatable bonds is 8. The van der Waals surface area contributed by atoms with Crippen LogP contribution >= 0.6 is 0 Å². The lowest BCUT2D eigenvalue weighted by atomic mass is 10.0. The highest BCUT2D eigenvalue weighted by Gasteiger charge is 2.33. The van der Waals surface area contributed by atoms with Gasteiger partial charge in [0.1, 0.15) is 0 Å². The van der Waals surface area contributed by atoms with Gasteiger partial charge in [0.2, 0.25) is 0 Å². The summed E-state index contributed by atoms with van der Waals surface area (Å²) in [5.74, 6) is -0.400. The number of aromatic nitrogens is 1. The first kappa shape index (κ1) is 28.4. The van der Waals surface area contributed by atoms with Gasteiger partial charge in [-0.2, -0.15) is 0 Å². The number of aryl methyl sites for hydroxylation is 1. The second-order valence-electron chi connectivity index (χ2n) is 11.3. The van der Waals surface area contributed by atoms with E-state index in [9.17, 15) is 14.4 Å². The summed E-state index contributed by atoms with van der Waals surface area (Å²) in [6.45, 7) is 7.45. The lowest BCUT2D eigenvalue weighted by Crippen LogP contribution is -2.41. The molecule has 3 heterocycles. The van der Waals surface area contributed by atoms with E-state index in [1.54, 1.807) is 24.3 Å². The van der Waals surface area contributed by atoms with Crippen molar-refractivity contribution in [1.82, 2.24) is 20.1 Å². The van der Waals surface area contributed by atoms with E-state index in [1.165, 1.54) is 0 Å². The summed E-state index contributed by atoms with van der Waals surface area (Å²) in [5.41, 5.74) is 6.31. The number of hydrogen-bond acceptors (Lipinski definition) is 4. The Morgan fingerprint density at radius 1 is 1.15 bits per heavy atom. The molecule has 2 unspecified atom stereocenters. The molecule has 3 N–H and O–H groups in total. The molecule has 1 aromatic heterocycles. The van der Waals surface area contributed by atoms with Crippen LogP contribution in [0.25, 0.3) is 11.6 Å². The number of aromatic amines is 1. The van der Waals surface area contributed by atoms with Crippen LogP contribution in [0.2, 0.25) is 0 Å². The second kappa shape index (κ2) is 11.7. The van der Waals surface area contributed by atoms with Crippen molar-refractivity contribution in [2.75, 3.05) is 32.5 Å². The number of carbonyl (C=O) groups is 3. The zero-order valence-corrected chi connectivity index (χ0v) is 24.5. The van der Waals surface area contributed by atoms with Crippen LogP contribution in [-0.4, -0.2) is 65.7 Å². The Morgan fingerprint density at radius 2 is 1.90 bits per heavy atom. The van der Waals surface area contributed by atoms with Crippen molar-refractivity contribution in [2.24, 2.45) is 0 Å². The fourth-order valence-corrected chi connectivity index (χ4v) is 6.06. The van der Waals surface area contributed by atoms with Crippen molar-refractivity contribution >= 4 is 35.1 Å². The van der Waals surface area contributed by atoms with Crippen LogP contribution in [0.5, 0.6) is 0 Å². The molecule has 1 saturated heterocycles. The van der Waals surface area contributed by atoms with Gasteiger partial charge in [0.25, 0.3) is 17.7 Å². The van der Waals surface area contributed by atoms with E-state index in [0.29, 0.717) is 28.0 Å². The van der Waals surface area contributed by atoms with E-state index in [4.69, 9.17) is 0 Å². The summed E-state index contributed by atoms with van der Waals surface area (Å²) in [4.78, 5) is 47.4. The molecule has 3 aromatic rings. The summed E-state index contributed by atoms with van der Waals surface area (Å²) < 4.78 is 0. The number of hydrogen-bond donors (Lipinski definition) is 3. The van der Waals surface area contributed by atoms with Crippen molar-refractivity contribution in [3.05, 3.63) is 87.7 Å². The molecule has 0 radical (unpaired) electrons. The number of likely N-dealkylation sites (tertiary alicyclic amines) is 1. The number of H-pyrrole nitrogens is 1. The van der Waals surface area contributed by atoms with Gasteiger partial charge in [-0.25, -0.2) is 0 Å². The van der Waals surface area contributed by atoms with E-state index in [1.807, 2.05) is 70.1 Å². The van der Waals surface area contributed by atoms with Crippen LogP contribution in [0.4, 0.5) is 5.69 Å². The van der Waals surface area contributed by atoms with Crippen LogP contribution in [0.3, 0.4) is 0 Å². The molecule has 5 rings (SSSR count).